The van der Waals surface area contributed by atoms with Gasteiger partial charge in [-0.3, -0.25) is 0 Å². The fourth-order valence-corrected chi connectivity index (χ4v) is 2.63. The third kappa shape index (κ3) is 3.72. The molecule has 4 heteroatoms. The quantitative estimate of drug-likeness (QED) is 0.864. The van der Waals surface area contributed by atoms with Crippen LogP contribution < -0.4 is 10.2 Å². The Hall–Kier alpha value is -1.10. The third-order valence-corrected chi connectivity index (χ3v) is 4.22. The topological polar surface area (TPSA) is 44.7 Å². The minimum Gasteiger partial charge on any atom is -0.388 e. The van der Waals surface area contributed by atoms with Gasteiger partial charge in [0.05, 0.1) is 5.60 Å². The molecule has 112 valence electrons. The van der Waals surface area contributed by atoms with Gasteiger partial charge in [0.2, 0.25) is 0 Å². The summed E-state index contributed by atoms with van der Waals surface area (Å²) < 4.78 is 5.32. The lowest BCUT2D eigenvalue weighted by atomic mass is 9.93. The Morgan fingerprint density at radius 2 is 1.90 bits per heavy atom. The second-order valence-corrected chi connectivity index (χ2v) is 5.79. The molecule has 4 nitrogen and oxygen atoms in total. The fraction of sp³-hybridized carbons (Fsp3) is 0.625. The van der Waals surface area contributed by atoms with E-state index in [9.17, 15) is 5.11 Å². The predicted molar refractivity (Wildman–Crippen MR) is 82.2 cm³/mol. The van der Waals surface area contributed by atoms with Gasteiger partial charge in [0.15, 0.2) is 0 Å². The molecule has 1 fully saturated rings. The Balaban J connectivity index is 2.00. The van der Waals surface area contributed by atoms with Crippen molar-refractivity contribution < 1.29 is 9.84 Å². The molecule has 1 aliphatic rings. The van der Waals surface area contributed by atoms with Crippen molar-refractivity contribution in [1.82, 2.24) is 5.32 Å². The van der Waals surface area contributed by atoms with Gasteiger partial charge in [-0.2, -0.15) is 0 Å². The molecular formula is C16H26N2O2. The van der Waals surface area contributed by atoms with Crippen LogP contribution in [0.4, 0.5) is 5.69 Å². The zero-order valence-electron chi connectivity index (χ0n) is 12.7. The normalized spacial score (nSPS) is 19.6. The maximum atomic E-state index is 10.6. The van der Waals surface area contributed by atoms with Crippen LogP contribution in [-0.2, 0) is 4.74 Å². The van der Waals surface area contributed by atoms with Crippen LogP contribution in [0.3, 0.4) is 0 Å². The first-order valence-electron chi connectivity index (χ1n) is 7.32. The summed E-state index contributed by atoms with van der Waals surface area (Å²) in [5.41, 5.74) is 1.79. The summed E-state index contributed by atoms with van der Waals surface area (Å²) in [5, 5.41) is 13.8. The Kier molecular flexibility index (Phi) is 5.02. The van der Waals surface area contributed by atoms with E-state index in [1.807, 2.05) is 14.1 Å². The van der Waals surface area contributed by atoms with Crippen molar-refractivity contribution in [3.63, 3.8) is 0 Å². The van der Waals surface area contributed by atoms with Crippen LogP contribution in [0.5, 0.6) is 0 Å². The zero-order valence-corrected chi connectivity index (χ0v) is 12.7. The SMILES string of the molecule is CNC(C)c1ccc(N(C)CC2(O)CCOCC2)cc1. The number of aliphatic hydroxyl groups is 1. The molecule has 2 N–H and O–H groups in total. The monoisotopic (exact) mass is 278 g/mol. The minimum atomic E-state index is -0.621. The molecular weight excluding hydrogens is 252 g/mol. The standard InChI is InChI=1S/C16H26N2O2/c1-13(17-2)14-4-6-15(7-5-14)18(3)12-16(19)8-10-20-11-9-16/h4-7,13,17,19H,8-12H2,1-3H3. The van der Waals surface area contributed by atoms with E-state index in [2.05, 4.69) is 41.4 Å². The Labute approximate surface area is 121 Å². The molecule has 0 bridgehead atoms. The molecule has 0 aromatic heterocycles. The summed E-state index contributed by atoms with van der Waals surface area (Å²) in [5.74, 6) is 0. The summed E-state index contributed by atoms with van der Waals surface area (Å²) in [6.45, 7) is 4.10. The van der Waals surface area contributed by atoms with E-state index in [0.29, 0.717) is 38.6 Å². The van der Waals surface area contributed by atoms with E-state index in [-0.39, 0.29) is 0 Å². The average molecular weight is 278 g/mol. The van der Waals surface area contributed by atoms with Crippen LogP contribution in [0.15, 0.2) is 24.3 Å². The van der Waals surface area contributed by atoms with E-state index in [1.165, 1.54) is 5.56 Å². The van der Waals surface area contributed by atoms with Gasteiger partial charge in [-0.1, -0.05) is 12.1 Å². The van der Waals surface area contributed by atoms with Crippen LogP contribution in [0, 0.1) is 0 Å². The number of likely N-dealkylation sites (N-methyl/N-ethyl adjacent to an activating group) is 1. The number of benzene rings is 1. The first-order valence-corrected chi connectivity index (χ1v) is 7.32. The molecule has 1 unspecified atom stereocenters. The van der Waals surface area contributed by atoms with Crippen molar-refractivity contribution in [3.05, 3.63) is 29.8 Å². The zero-order chi connectivity index (χ0) is 14.6. The second-order valence-electron chi connectivity index (χ2n) is 5.79. The summed E-state index contributed by atoms with van der Waals surface area (Å²) in [6.07, 6.45) is 1.43. The molecule has 1 aromatic rings. The number of hydrogen-bond donors (Lipinski definition) is 2. The van der Waals surface area contributed by atoms with Gasteiger partial charge < -0.3 is 20.1 Å². The first kappa shape index (κ1) is 15.3. The molecule has 2 rings (SSSR count). The number of nitrogens with one attached hydrogen (secondary N) is 1. The Morgan fingerprint density at radius 3 is 2.45 bits per heavy atom. The van der Waals surface area contributed by atoms with Gasteiger partial charge in [0, 0.05) is 51.4 Å². The van der Waals surface area contributed by atoms with Gasteiger partial charge in [-0.25, -0.2) is 0 Å². The second kappa shape index (κ2) is 6.57. The summed E-state index contributed by atoms with van der Waals surface area (Å²) in [6, 6.07) is 8.87. The molecule has 1 aromatic carbocycles. The molecule has 0 saturated carbocycles. The van der Waals surface area contributed by atoms with E-state index in [1.54, 1.807) is 0 Å². The number of rotatable bonds is 5. The number of anilines is 1. The van der Waals surface area contributed by atoms with Gasteiger partial charge >= 0.3 is 0 Å². The molecule has 1 atom stereocenters. The maximum Gasteiger partial charge on any atom is 0.0865 e. The molecule has 1 saturated heterocycles. The highest BCUT2D eigenvalue weighted by Crippen LogP contribution is 2.25. The van der Waals surface area contributed by atoms with Crippen molar-refractivity contribution in [2.45, 2.75) is 31.4 Å². The smallest absolute Gasteiger partial charge is 0.0865 e. The molecule has 0 radical (unpaired) electrons. The van der Waals surface area contributed by atoms with E-state index >= 15 is 0 Å². The molecule has 0 aliphatic carbocycles. The van der Waals surface area contributed by atoms with Crippen molar-refractivity contribution in [1.29, 1.82) is 0 Å². The lowest BCUT2D eigenvalue weighted by Crippen LogP contribution is -2.45. The number of hydrogen-bond acceptors (Lipinski definition) is 4. The third-order valence-electron chi connectivity index (χ3n) is 4.22. The minimum absolute atomic E-state index is 0.356. The van der Waals surface area contributed by atoms with Crippen molar-refractivity contribution in [2.75, 3.05) is 38.8 Å². The highest BCUT2D eigenvalue weighted by atomic mass is 16.5. The average Bonchev–Trinajstić information content (AvgIpc) is 2.47. The van der Waals surface area contributed by atoms with Crippen LogP contribution in [-0.4, -0.2) is 44.6 Å². The first-order chi connectivity index (χ1) is 9.54. The van der Waals surface area contributed by atoms with Crippen LogP contribution >= 0.6 is 0 Å². The van der Waals surface area contributed by atoms with Gasteiger partial charge in [0.25, 0.3) is 0 Å². The molecule has 20 heavy (non-hydrogen) atoms. The van der Waals surface area contributed by atoms with E-state index in [0.717, 1.165) is 5.69 Å². The Morgan fingerprint density at radius 1 is 1.30 bits per heavy atom. The lowest BCUT2D eigenvalue weighted by molar-refractivity contribution is -0.0572. The molecule has 1 aliphatic heterocycles. The van der Waals surface area contributed by atoms with Crippen molar-refractivity contribution >= 4 is 5.69 Å². The molecule has 0 amide bonds. The highest BCUT2D eigenvalue weighted by molar-refractivity contribution is 5.47. The van der Waals surface area contributed by atoms with Crippen LogP contribution in [0.25, 0.3) is 0 Å². The van der Waals surface area contributed by atoms with Crippen molar-refractivity contribution in [2.24, 2.45) is 0 Å². The summed E-state index contributed by atoms with van der Waals surface area (Å²) >= 11 is 0. The van der Waals surface area contributed by atoms with E-state index in [4.69, 9.17) is 4.74 Å². The predicted octanol–water partition coefficient (Wildman–Crippen LogP) is 1.94. The molecule has 1 heterocycles. The van der Waals surface area contributed by atoms with Gasteiger partial charge in [-0.15, -0.1) is 0 Å². The number of nitrogens with zero attached hydrogens (tertiary/aromatic N) is 1. The van der Waals surface area contributed by atoms with E-state index < -0.39 is 5.60 Å². The van der Waals surface area contributed by atoms with Crippen LogP contribution in [0.1, 0.15) is 31.4 Å². The number of ether oxygens (including phenoxy) is 1. The fourth-order valence-electron chi connectivity index (χ4n) is 2.63. The largest absolute Gasteiger partial charge is 0.388 e. The van der Waals surface area contributed by atoms with Crippen molar-refractivity contribution in [3.8, 4) is 0 Å². The molecule has 0 spiro atoms. The summed E-state index contributed by atoms with van der Waals surface area (Å²) in [4.78, 5) is 2.12. The lowest BCUT2D eigenvalue weighted by Gasteiger charge is -2.36. The van der Waals surface area contributed by atoms with Gasteiger partial charge in [0.1, 0.15) is 0 Å². The highest BCUT2D eigenvalue weighted by Gasteiger charge is 2.31. The van der Waals surface area contributed by atoms with Crippen LogP contribution in [0.2, 0.25) is 0 Å². The van der Waals surface area contributed by atoms with Gasteiger partial charge in [-0.05, 0) is 31.7 Å². The Bertz CT molecular complexity index is 413. The maximum absolute atomic E-state index is 10.6. The summed E-state index contributed by atoms with van der Waals surface area (Å²) in [7, 11) is 4.00.